The van der Waals surface area contributed by atoms with E-state index in [1.807, 2.05) is 30.3 Å². The molecule has 9 nitrogen and oxygen atoms in total. The lowest BCUT2D eigenvalue weighted by atomic mass is 9.79. The average Bonchev–Trinajstić information content (AvgIpc) is 2.88. The van der Waals surface area contributed by atoms with Crippen LogP contribution in [0.3, 0.4) is 0 Å². The van der Waals surface area contributed by atoms with Gasteiger partial charge in [0.1, 0.15) is 25.4 Å². The summed E-state index contributed by atoms with van der Waals surface area (Å²) >= 11 is 0. The number of benzene rings is 1. The van der Waals surface area contributed by atoms with Gasteiger partial charge in [-0.15, -0.1) is 0 Å². The maximum atomic E-state index is 6.54. The molecule has 1 atom stereocenters. The Morgan fingerprint density at radius 1 is 0.939 bits per heavy atom. The van der Waals surface area contributed by atoms with E-state index in [1.54, 1.807) is 23.6 Å². The summed E-state index contributed by atoms with van der Waals surface area (Å²) in [6.45, 7) is 5.81. The number of fused-ring (bicyclic) bond motifs is 2. The van der Waals surface area contributed by atoms with Crippen LogP contribution in [0.15, 0.2) is 55.2 Å². The normalized spacial score (nSPS) is 14.6. The first kappa shape index (κ1) is 21.0. The van der Waals surface area contributed by atoms with Crippen LogP contribution >= 0.6 is 0 Å². The number of nitrogens with zero attached hydrogens (tertiary/aromatic N) is 6. The Morgan fingerprint density at radius 3 is 2.61 bits per heavy atom. The Morgan fingerprint density at radius 2 is 1.76 bits per heavy atom. The standard InChI is InChI=1S/C24H25N7O2/c1-3-24(2,17-6-7-28-23-22(17)32-10-11-33-23)14-31(25)21-13-19(29-15-30-21)16-4-5-18-20(12-16)27-9-8-26-18/h4-9,12-13,15H,3,10-11,14,25H2,1-2H3/t24-/m1/s1. The smallest absolute Gasteiger partial charge is 0.257 e. The molecule has 0 unspecified atom stereocenters. The fourth-order valence-electron chi connectivity index (χ4n) is 4.06. The van der Waals surface area contributed by atoms with E-state index >= 15 is 0 Å². The lowest BCUT2D eigenvalue weighted by Gasteiger charge is -2.35. The van der Waals surface area contributed by atoms with Crippen molar-refractivity contribution in [1.29, 1.82) is 0 Å². The van der Waals surface area contributed by atoms with Gasteiger partial charge in [0.25, 0.3) is 5.88 Å². The second kappa shape index (κ2) is 8.59. The summed E-state index contributed by atoms with van der Waals surface area (Å²) < 4.78 is 11.6. The van der Waals surface area contributed by atoms with E-state index in [4.69, 9.17) is 15.3 Å². The second-order valence-electron chi connectivity index (χ2n) is 8.25. The first-order valence-corrected chi connectivity index (χ1v) is 10.9. The van der Waals surface area contributed by atoms with Crippen LogP contribution < -0.4 is 20.3 Å². The highest BCUT2D eigenvalue weighted by atomic mass is 16.6. The van der Waals surface area contributed by atoms with Crippen LogP contribution in [-0.2, 0) is 5.41 Å². The summed E-state index contributed by atoms with van der Waals surface area (Å²) in [6, 6.07) is 9.73. The molecule has 0 aliphatic carbocycles. The lowest BCUT2D eigenvalue weighted by Crippen LogP contribution is -2.43. The Bertz CT molecular complexity index is 1300. The van der Waals surface area contributed by atoms with Gasteiger partial charge in [-0.1, -0.05) is 19.9 Å². The molecule has 0 bridgehead atoms. The van der Waals surface area contributed by atoms with E-state index in [9.17, 15) is 0 Å². The summed E-state index contributed by atoms with van der Waals surface area (Å²) in [6.07, 6.45) is 7.47. The van der Waals surface area contributed by atoms with Gasteiger partial charge in [0.05, 0.1) is 16.7 Å². The van der Waals surface area contributed by atoms with Crippen molar-refractivity contribution < 1.29 is 9.47 Å². The molecule has 0 saturated carbocycles. The molecular weight excluding hydrogens is 418 g/mol. The third-order valence-electron chi connectivity index (χ3n) is 6.10. The maximum absolute atomic E-state index is 6.54. The Labute approximate surface area is 191 Å². The molecule has 4 aromatic rings. The van der Waals surface area contributed by atoms with E-state index < -0.39 is 0 Å². The zero-order valence-corrected chi connectivity index (χ0v) is 18.6. The van der Waals surface area contributed by atoms with Crippen LogP contribution in [0, 0.1) is 0 Å². The van der Waals surface area contributed by atoms with Crippen LogP contribution in [0.4, 0.5) is 5.82 Å². The van der Waals surface area contributed by atoms with Crippen LogP contribution in [-0.4, -0.2) is 44.7 Å². The minimum Gasteiger partial charge on any atom is -0.484 e. The topological polar surface area (TPSA) is 112 Å². The molecule has 168 valence electrons. The number of rotatable bonds is 6. The van der Waals surface area contributed by atoms with Gasteiger partial charge in [0.2, 0.25) is 0 Å². The minimum absolute atomic E-state index is 0.313. The lowest BCUT2D eigenvalue weighted by molar-refractivity contribution is 0.160. The second-order valence-corrected chi connectivity index (χ2v) is 8.25. The molecule has 33 heavy (non-hydrogen) atoms. The third kappa shape index (κ3) is 4.03. The van der Waals surface area contributed by atoms with Gasteiger partial charge in [-0.05, 0) is 24.6 Å². The molecule has 1 aromatic carbocycles. The third-order valence-corrected chi connectivity index (χ3v) is 6.10. The van der Waals surface area contributed by atoms with Gasteiger partial charge < -0.3 is 9.47 Å². The van der Waals surface area contributed by atoms with Crippen molar-refractivity contribution >= 4 is 16.9 Å². The summed E-state index contributed by atoms with van der Waals surface area (Å²) in [5.41, 5.74) is 4.04. The molecule has 1 aliphatic heterocycles. The number of hydrogen-bond acceptors (Lipinski definition) is 9. The highest BCUT2D eigenvalue weighted by Crippen LogP contribution is 2.41. The van der Waals surface area contributed by atoms with Crippen LogP contribution in [0.5, 0.6) is 11.6 Å². The fraction of sp³-hybridized carbons (Fsp3) is 0.292. The zero-order valence-electron chi connectivity index (χ0n) is 18.6. The molecule has 0 fully saturated rings. The molecule has 3 aromatic heterocycles. The number of ether oxygens (including phenoxy) is 2. The maximum Gasteiger partial charge on any atom is 0.257 e. The highest BCUT2D eigenvalue weighted by molar-refractivity contribution is 5.80. The number of anilines is 1. The largest absolute Gasteiger partial charge is 0.484 e. The van der Waals surface area contributed by atoms with Crippen molar-refractivity contribution in [3.8, 4) is 22.9 Å². The van der Waals surface area contributed by atoms with Crippen molar-refractivity contribution in [2.75, 3.05) is 24.8 Å². The number of aromatic nitrogens is 5. The zero-order chi connectivity index (χ0) is 22.8. The molecule has 0 amide bonds. The Kier molecular flexibility index (Phi) is 5.47. The summed E-state index contributed by atoms with van der Waals surface area (Å²) in [7, 11) is 0. The predicted molar refractivity (Wildman–Crippen MR) is 125 cm³/mol. The molecule has 0 radical (unpaired) electrons. The molecule has 4 heterocycles. The molecule has 9 heteroatoms. The van der Waals surface area contributed by atoms with E-state index in [0.29, 0.717) is 37.2 Å². The quantitative estimate of drug-likeness (QED) is 0.354. The number of nitrogens with two attached hydrogens (primary N) is 1. The van der Waals surface area contributed by atoms with Crippen molar-refractivity contribution in [3.05, 3.63) is 60.8 Å². The average molecular weight is 444 g/mol. The first-order valence-electron chi connectivity index (χ1n) is 10.9. The van der Waals surface area contributed by atoms with E-state index in [2.05, 4.69) is 38.8 Å². The molecule has 1 aliphatic rings. The molecular formula is C24H25N7O2. The number of hydrogen-bond donors (Lipinski definition) is 1. The van der Waals surface area contributed by atoms with Gasteiger partial charge in [0.15, 0.2) is 5.75 Å². The van der Waals surface area contributed by atoms with Crippen LogP contribution in [0.1, 0.15) is 25.8 Å². The first-order chi connectivity index (χ1) is 16.1. The highest BCUT2D eigenvalue weighted by Gasteiger charge is 2.33. The number of pyridine rings is 1. The van der Waals surface area contributed by atoms with Crippen molar-refractivity contribution in [3.63, 3.8) is 0 Å². The van der Waals surface area contributed by atoms with Crippen molar-refractivity contribution in [2.45, 2.75) is 25.7 Å². The molecule has 0 saturated heterocycles. The van der Waals surface area contributed by atoms with E-state index in [1.165, 1.54) is 6.33 Å². The van der Waals surface area contributed by atoms with Gasteiger partial charge in [0, 0.05) is 47.7 Å². The summed E-state index contributed by atoms with van der Waals surface area (Å²) in [5, 5.41) is 1.66. The van der Waals surface area contributed by atoms with Gasteiger partial charge in [-0.25, -0.2) is 20.8 Å². The Balaban J connectivity index is 1.44. The SMILES string of the molecule is CC[C@](C)(CN(N)c1cc(-c2ccc3nccnc3c2)ncn1)c1ccnc2c1OCCO2. The predicted octanol–water partition coefficient (Wildman–Crippen LogP) is 3.30. The van der Waals surface area contributed by atoms with E-state index in [0.717, 1.165) is 34.3 Å². The van der Waals surface area contributed by atoms with Crippen molar-refractivity contribution in [2.24, 2.45) is 5.84 Å². The molecule has 5 rings (SSSR count). The number of hydrazine groups is 1. The van der Waals surface area contributed by atoms with Gasteiger partial charge in [-0.2, -0.15) is 0 Å². The van der Waals surface area contributed by atoms with E-state index in [-0.39, 0.29) is 5.41 Å². The van der Waals surface area contributed by atoms with Crippen LogP contribution in [0.25, 0.3) is 22.3 Å². The summed E-state index contributed by atoms with van der Waals surface area (Å²) in [5.74, 6) is 8.39. The minimum atomic E-state index is -0.313. The molecule has 2 N–H and O–H groups in total. The van der Waals surface area contributed by atoms with Crippen molar-refractivity contribution in [1.82, 2.24) is 24.9 Å². The summed E-state index contributed by atoms with van der Waals surface area (Å²) in [4.78, 5) is 21.9. The van der Waals surface area contributed by atoms with Gasteiger partial charge >= 0.3 is 0 Å². The van der Waals surface area contributed by atoms with Gasteiger partial charge in [-0.3, -0.25) is 15.0 Å². The molecule has 0 spiro atoms. The monoisotopic (exact) mass is 443 g/mol. The van der Waals surface area contributed by atoms with Crippen LogP contribution in [0.2, 0.25) is 0 Å². The fourth-order valence-corrected chi connectivity index (χ4v) is 4.06. The Hall–Kier alpha value is -3.85.